The fourth-order valence-corrected chi connectivity index (χ4v) is 6.20. The third-order valence-corrected chi connectivity index (χ3v) is 9.92. The van der Waals surface area contributed by atoms with Gasteiger partial charge in [0.05, 0.1) is 27.7 Å². The van der Waals surface area contributed by atoms with E-state index in [1.165, 1.54) is 38.5 Å². The van der Waals surface area contributed by atoms with Gasteiger partial charge < -0.3 is 18.9 Å². The largest absolute Gasteiger partial charge is 0.472 e. The van der Waals surface area contributed by atoms with E-state index in [0.29, 0.717) is 17.4 Å². The molecule has 0 aliphatic rings. The summed E-state index contributed by atoms with van der Waals surface area (Å²) in [6, 6.07) is 0. The van der Waals surface area contributed by atoms with Crippen LogP contribution in [0, 0.1) is 0 Å². The number of unbranched alkanes of at least 4 members (excludes halogenated alkanes) is 11. The number of esters is 2. The summed E-state index contributed by atoms with van der Waals surface area (Å²) in [7, 11) is 1.44. The smallest absolute Gasteiger partial charge is 0.462 e. The summed E-state index contributed by atoms with van der Waals surface area (Å²) in [5.74, 6) is -0.847. The first kappa shape index (κ1) is 55.2. The van der Waals surface area contributed by atoms with E-state index in [0.717, 1.165) is 83.5 Å². The molecular formula is C48H83NO8P+. The molecule has 0 spiro atoms. The van der Waals surface area contributed by atoms with Gasteiger partial charge in [-0.1, -0.05) is 157 Å². The Morgan fingerprint density at radius 3 is 1.47 bits per heavy atom. The second-order valence-electron chi connectivity index (χ2n) is 15.7. The average molecular weight is 833 g/mol. The molecular weight excluding hydrogens is 750 g/mol. The summed E-state index contributed by atoms with van der Waals surface area (Å²) in [5.41, 5.74) is 0. The Bertz CT molecular complexity index is 1260. The predicted molar refractivity (Wildman–Crippen MR) is 242 cm³/mol. The Balaban J connectivity index is 4.36. The predicted octanol–water partition coefficient (Wildman–Crippen LogP) is 12.8. The highest BCUT2D eigenvalue weighted by atomic mass is 31.2. The second-order valence-corrected chi connectivity index (χ2v) is 17.2. The Morgan fingerprint density at radius 1 is 0.552 bits per heavy atom. The van der Waals surface area contributed by atoms with Crippen molar-refractivity contribution in [2.45, 2.75) is 161 Å². The van der Waals surface area contributed by atoms with Gasteiger partial charge in [-0.05, 0) is 70.6 Å². The minimum atomic E-state index is -4.38. The standard InChI is InChI=1S/C48H82NO8P/c1-6-8-10-12-14-16-17-18-19-20-21-22-23-24-25-26-27-28-29-30-31-33-35-37-39-41-48(51)57-46(45-56-58(52,53)55-43-42-49(3,4)5)44-54-47(50)40-38-36-34-32-15-13-11-9-7-2/h8,10,14,16,18-19,21-22,24-25,27-28,30-31,46H,6-7,9,11-13,15,17,20,23,26,29,32-45H2,1-5H3/p+1/b10-8-,16-14-,19-18-,22-21-,25-24-,28-27-,31-30-. The maximum Gasteiger partial charge on any atom is 0.472 e. The monoisotopic (exact) mass is 833 g/mol. The molecule has 9 nitrogen and oxygen atoms in total. The second kappa shape index (κ2) is 39.6. The van der Waals surface area contributed by atoms with Crippen molar-refractivity contribution < 1.29 is 42.1 Å². The van der Waals surface area contributed by atoms with Crippen LogP contribution in [-0.2, 0) is 32.7 Å². The highest BCUT2D eigenvalue weighted by Crippen LogP contribution is 2.43. The first-order valence-corrected chi connectivity index (χ1v) is 23.8. The molecule has 0 radical (unpaired) electrons. The van der Waals surface area contributed by atoms with Crippen molar-refractivity contribution in [3.8, 4) is 0 Å². The fraction of sp³-hybridized carbons (Fsp3) is 0.667. The number of rotatable bonds is 39. The molecule has 58 heavy (non-hydrogen) atoms. The normalized spacial score (nSPS) is 14.4. The van der Waals surface area contributed by atoms with Crippen LogP contribution in [0.4, 0.5) is 0 Å². The zero-order chi connectivity index (χ0) is 42.8. The number of phosphoric ester groups is 1. The Morgan fingerprint density at radius 2 is 0.983 bits per heavy atom. The van der Waals surface area contributed by atoms with Gasteiger partial charge in [0.25, 0.3) is 0 Å². The van der Waals surface area contributed by atoms with Crippen LogP contribution in [0.1, 0.15) is 155 Å². The number of hydrogen-bond donors (Lipinski definition) is 1. The zero-order valence-electron chi connectivity index (χ0n) is 37.2. The van der Waals surface area contributed by atoms with Crippen LogP contribution in [-0.4, -0.2) is 74.9 Å². The van der Waals surface area contributed by atoms with Crippen molar-refractivity contribution in [2.75, 3.05) is 47.5 Å². The van der Waals surface area contributed by atoms with E-state index in [1.807, 2.05) is 21.1 Å². The van der Waals surface area contributed by atoms with Crippen LogP contribution in [0.2, 0.25) is 0 Å². The van der Waals surface area contributed by atoms with E-state index in [2.05, 4.69) is 98.9 Å². The Hall–Kier alpha value is -2.81. The molecule has 0 saturated heterocycles. The molecule has 0 saturated carbocycles. The summed E-state index contributed by atoms with van der Waals surface area (Å²) in [5, 5.41) is 0. The third kappa shape index (κ3) is 42.8. The molecule has 1 N–H and O–H groups in total. The van der Waals surface area contributed by atoms with Gasteiger partial charge in [0.2, 0.25) is 0 Å². The van der Waals surface area contributed by atoms with Gasteiger partial charge in [0.15, 0.2) is 6.10 Å². The number of carbonyl (C=O) groups excluding carboxylic acids is 2. The van der Waals surface area contributed by atoms with Crippen LogP contribution in [0.5, 0.6) is 0 Å². The highest BCUT2D eigenvalue weighted by molar-refractivity contribution is 7.47. The van der Waals surface area contributed by atoms with Gasteiger partial charge >= 0.3 is 19.8 Å². The van der Waals surface area contributed by atoms with E-state index >= 15 is 0 Å². The van der Waals surface area contributed by atoms with E-state index in [4.69, 9.17) is 18.5 Å². The molecule has 0 aromatic heterocycles. The number of likely N-dealkylation sites (N-methyl/N-ethyl adjacent to an activating group) is 1. The van der Waals surface area contributed by atoms with Crippen LogP contribution < -0.4 is 0 Å². The average Bonchev–Trinajstić information content (AvgIpc) is 3.17. The number of nitrogens with zero attached hydrogens (tertiary/aromatic N) is 1. The quantitative estimate of drug-likeness (QED) is 0.0214. The van der Waals surface area contributed by atoms with Crippen molar-refractivity contribution in [3.05, 3.63) is 85.1 Å². The lowest BCUT2D eigenvalue weighted by atomic mass is 10.1. The Labute approximate surface area is 354 Å². The van der Waals surface area contributed by atoms with Gasteiger partial charge in [0.1, 0.15) is 19.8 Å². The zero-order valence-corrected chi connectivity index (χ0v) is 38.1. The van der Waals surface area contributed by atoms with E-state index < -0.39 is 26.5 Å². The van der Waals surface area contributed by atoms with Crippen molar-refractivity contribution in [1.29, 1.82) is 0 Å². The van der Waals surface area contributed by atoms with Crippen LogP contribution in [0.15, 0.2) is 85.1 Å². The molecule has 0 aliphatic carbocycles. The number of hydrogen-bond acceptors (Lipinski definition) is 7. The van der Waals surface area contributed by atoms with E-state index in [-0.39, 0.29) is 32.0 Å². The molecule has 2 atom stereocenters. The lowest BCUT2D eigenvalue weighted by Gasteiger charge is -2.24. The summed E-state index contributed by atoms with van der Waals surface area (Å²) in [6.07, 6.45) is 50.7. The molecule has 0 aromatic rings. The molecule has 0 heterocycles. The van der Waals surface area contributed by atoms with Gasteiger partial charge in [-0.25, -0.2) is 4.57 Å². The lowest BCUT2D eigenvalue weighted by molar-refractivity contribution is -0.870. The number of phosphoric acid groups is 1. The van der Waals surface area contributed by atoms with Crippen molar-refractivity contribution in [3.63, 3.8) is 0 Å². The maximum absolute atomic E-state index is 12.7. The molecule has 10 heteroatoms. The van der Waals surface area contributed by atoms with Gasteiger partial charge in [-0.3, -0.25) is 18.6 Å². The maximum atomic E-state index is 12.7. The Kier molecular flexibility index (Phi) is 37.7. The van der Waals surface area contributed by atoms with E-state index in [1.54, 1.807) is 0 Å². The van der Waals surface area contributed by atoms with Crippen LogP contribution in [0.3, 0.4) is 0 Å². The van der Waals surface area contributed by atoms with Gasteiger partial charge in [-0.2, -0.15) is 0 Å². The summed E-state index contributed by atoms with van der Waals surface area (Å²) < 4.78 is 34.2. The molecule has 0 aliphatic heterocycles. The van der Waals surface area contributed by atoms with Crippen LogP contribution >= 0.6 is 7.82 Å². The molecule has 0 aromatic carbocycles. The topological polar surface area (TPSA) is 108 Å². The van der Waals surface area contributed by atoms with Crippen molar-refractivity contribution in [2.24, 2.45) is 0 Å². The molecule has 0 amide bonds. The SMILES string of the molecule is CC/C=C\C/C=C\C/C=C\C/C=C\C/C=C\C/C=C\C/C=C\CCCCCC(=O)OC(COC(=O)CCCCCCCCCCC)COP(=O)(O)OCC[N+](C)(C)C. The van der Waals surface area contributed by atoms with Gasteiger partial charge in [-0.15, -0.1) is 0 Å². The first-order valence-electron chi connectivity index (χ1n) is 22.3. The van der Waals surface area contributed by atoms with E-state index in [9.17, 15) is 19.0 Å². The molecule has 0 bridgehead atoms. The first-order chi connectivity index (χ1) is 28.0. The highest BCUT2D eigenvalue weighted by Gasteiger charge is 2.27. The van der Waals surface area contributed by atoms with Crippen molar-refractivity contribution >= 4 is 19.8 Å². The third-order valence-electron chi connectivity index (χ3n) is 8.94. The summed E-state index contributed by atoms with van der Waals surface area (Å²) in [6.45, 7) is 4.22. The lowest BCUT2D eigenvalue weighted by Crippen LogP contribution is -2.37. The molecule has 0 fully saturated rings. The minimum absolute atomic E-state index is 0.0210. The van der Waals surface area contributed by atoms with Crippen molar-refractivity contribution in [1.82, 2.24) is 0 Å². The summed E-state index contributed by atoms with van der Waals surface area (Å²) >= 11 is 0. The van der Waals surface area contributed by atoms with Crippen LogP contribution in [0.25, 0.3) is 0 Å². The number of quaternary nitrogens is 1. The number of carbonyl (C=O) groups is 2. The summed E-state index contributed by atoms with van der Waals surface area (Å²) in [4.78, 5) is 35.3. The molecule has 0 rings (SSSR count). The fourth-order valence-electron chi connectivity index (χ4n) is 5.46. The minimum Gasteiger partial charge on any atom is -0.462 e. The van der Waals surface area contributed by atoms with Gasteiger partial charge in [0, 0.05) is 12.8 Å². The molecule has 332 valence electrons. The molecule has 2 unspecified atom stereocenters. The number of ether oxygens (including phenoxy) is 2. The number of allylic oxidation sites excluding steroid dienone is 14.